The first-order valence-corrected chi connectivity index (χ1v) is 9.37. The normalized spacial score (nSPS) is 16.3. The average Bonchev–Trinajstić information content (AvgIpc) is 2.96. The molecule has 0 aliphatic carbocycles. The summed E-state index contributed by atoms with van der Waals surface area (Å²) >= 11 is 0. The third kappa shape index (κ3) is 4.29. The fourth-order valence-corrected chi connectivity index (χ4v) is 3.42. The smallest absolute Gasteiger partial charge is 0.253 e. The van der Waals surface area contributed by atoms with E-state index in [1.54, 1.807) is 0 Å². The van der Waals surface area contributed by atoms with E-state index in [9.17, 15) is 9.90 Å². The molecule has 0 bridgehead atoms. The van der Waals surface area contributed by atoms with Crippen LogP contribution in [-0.2, 0) is 0 Å². The molecular formula is C22H27NO2. The lowest BCUT2D eigenvalue weighted by molar-refractivity contribution is 0.0761. The first kappa shape index (κ1) is 17.7. The summed E-state index contributed by atoms with van der Waals surface area (Å²) in [7, 11) is 0. The lowest BCUT2D eigenvalue weighted by atomic mass is 9.99. The van der Waals surface area contributed by atoms with E-state index in [2.05, 4.69) is 0 Å². The molecule has 3 heteroatoms. The molecule has 1 fully saturated rings. The summed E-state index contributed by atoms with van der Waals surface area (Å²) < 4.78 is 0. The number of hydrogen-bond donors (Lipinski definition) is 1. The molecule has 1 unspecified atom stereocenters. The van der Waals surface area contributed by atoms with Crippen LogP contribution in [0.2, 0.25) is 0 Å². The maximum atomic E-state index is 12.8. The Morgan fingerprint density at radius 3 is 2.32 bits per heavy atom. The molecule has 25 heavy (non-hydrogen) atoms. The van der Waals surface area contributed by atoms with Gasteiger partial charge in [-0.05, 0) is 48.1 Å². The van der Waals surface area contributed by atoms with E-state index in [1.807, 2.05) is 60.4 Å². The molecule has 1 N–H and O–H groups in total. The number of rotatable bonds is 4. The molecule has 0 aromatic heterocycles. The molecular weight excluding hydrogens is 310 g/mol. The Kier molecular flexibility index (Phi) is 5.87. The van der Waals surface area contributed by atoms with Crippen LogP contribution < -0.4 is 0 Å². The number of carbonyl (C=O) groups excluding carboxylic acids is 1. The summed E-state index contributed by atoms with van der Waals surface area (Å²) in [5, 5.41) is 9.92. The SMILES string of the molecule is CCC(O)c1ccc(-c2cccc(C(=O)N3CCCCCC3)c2)cc1. The van der Waals surface area contributed by atoms with E-state index < -0.39 is 6.10 Å². The summed E-state index contributed by atoms with van der Waals surface area (Å²) in [5.74, 6) is 0.141. The Bertz CT molecular complexity index is 700. The van der Waals surface area contributed by atoms with E-state index in [0.29, 0.717) is 6.42 Å². The van der Waals surface area contributed by atoms with Crippen LogP contribution in [0.4, 0.5) is 0 Å². The number of nitrogens with zero attached hydrogens (tertiary/aromatic N) is 1. The number of carbonyl (C=O) groups is 1. The van der Waals surface area contributed by atoms with Crippen molar-refractivity contribution in [1.82, 2.24) is 4.90 Å². The van der Waals surface area contributed by atoms with E-state index in [-0.39, 0.29) is 5.91 Å². The van der Waals surface area contributed by atoms with Gasteiger partial charge < -0.3 is 10.0 Å². The standard InChI is InChI=1S/C22H27NO2/c1-2-21(24)18-12-10-17(11-13-18)19-8-7-9-20(16-19)22(25)23-14-5-3-4-6-15-23/h7-13,16,21,24H,2-6,14-15H2,1H3. The second kappa shape index (κ2) is 8.30. The fraction of sp³-hybridized carbons (Fsp3) is 0.409. The molecule has 1 heterocycles. The molecule has 1 aliphatic rings. The molecule has 1 saturated heterocycles. The average molecular weight is 337 g/mol. The number of hydrogen-bond acceptors (Lipinski definition) is 2. The minimum atomic E-state index is -0.412. The Balaban J connectivity index is 1.80. The first-order valence-electron chi connectivity index (χ1n) is 9.37. The predicted octanol–water partition coefficient (Wildman–Crippen LogP) is 4.81. The van der Waals surface area contributed by atoms with Crippen LogP contribution >= 0.6 is 0 Å². The molecule has 0 spiro atoms. The Morgan fingerprint density at radius 2 is 1.68 bits per heavy atom. The predicted molar refractivity (Wildman–Crippen MR) is 102 cm³/mol. The summed E-state index contributed by atoms with van der Waals surface area (Å²) in [6, 6.07) is 15.8. The Labute approximate surface area is 150 Å². The van der Waals surface area contributed by atoms with Crippen molar-refractivity contribution in [2.45, 2.75) is 45.1 Å². The zero-order chi connectivity index (χ0) is 17.6. The zero-order valence-electron chi connectivity index (χ0n) is 14.9. The number of aliphatic hydroxyl groups excluding tert-OH is 1. The number of benzene rings is 2. The highest BCUT2D eigenvalue weighted by Gasteiger charge is 2.17. The van der Waals surface area contributed by atoms with E-state index >= 15 is 0 Å². The Morgan fingerprint density at radius 1 is 1.00 bits per heavy atom. The lowest BCUT2D eigenvalue weighted by Crippen LogP contribution is -2.31. The second-order valence-electron chi connectivity index (χ2n) is 6.83. The molecule has 2 aromatic rings. The van der Waals surface area contributed by atoms with Crippen LogP contribution in [0.5, 0.6) is 0 Å². The van der Waals surface area contributed by atoms with Crippen molar-refractivity contribution >= 4 is 5.91 Å². The summed E-state index contributed by atoms with van der Waals surface area (Å²) in [4.78, 5) is 14.8. The minimum absolute atomic E-state index is 0.141. The van der Waals surface area contributed by atoms with Crippen LogP contribution in [0.25, 0.3) is 11.1 Å². The van der Waals surface area contributed by atoms with Crippen molar-refractivity contribution in [2.24, 2.45) is 0 Å². The van der Waals surface area contributed by atoms with Gasteiger partial charge in [-0.2, -0.15) is 0 Å². The van der Waals surface area contributed by atoms with Crippen molar-refractivity contribution in [3.8, 4) is 11.1 Å². The van der Waals surface area contributed by atoms with Gasteiger partial charge in [0, 0.05) is 18.7 Å². The van der Waals surface area contributed by atoms with Crippen LogP contribution in [-0.4, -0.2) is 29.0 Å². The molecule has 3 rings (SSSR count). The fourth-order valence-electron chi connectivity index (χ4n) is 3.42. The van der Waals surface area contributed by atoms with Crippen LogP contribution in [0.1, 0.15) is 61.1 Å². The van der Waals surface area contributed by atoms with E-state index in [1.165, 1.54) is 12.8 Å². The van der Waals surface area contributed by atoms with Gasteiger partial charge in [-0.15, -0.1) is 0 Å². The highest BCUT2D eigenvalue weighted by Crippen LogP contribution is 2.25. The number of aliphatic hydroxyl groups is 1. The highest BCUT2D eigenvalue weighted by atomic mass is 16.3. The second-order valence-corrected chi connectivity index (χ2v) is 6.83. The minimum Gasteiger partial charge on any atom is -0.388 e. The third-order valence-electron chi connectivity index (χ3n) is 5.02. The van der Waals surface area contributed by atoms with Crippen LogP contribution in [0.15, 0.2) is 48.5 Å². The van der Waals surface area contributed by atoms with Crippen molar-refractivity contribution < 1.29 is 9.90 Å². The summed E-state index contributed by atoms with van der Waals surface area (Å²) in [5.41, 5.74) is 3.80. The number of likely N-dealkylation sites (tertiary alicyclic amines) is 1. The molecule has 0 saturated carbocycles. The van der Waals surface area contributed by atoms with E-state index in [4.69, 9.17) is 0 Å². The van der Waals surface area contributed by atoms with Gasteiger partial charge in [0.1, 0.15) is 0 Å². The maximum absolute atomic E-state index is 12.8. The largest absolute Gasteiger partial charge is 0.388 e. The van der Waals surface area contributed by atoms with E-state index in [0.717, 1.165) is 48.2 Å². The summed E-state index contributed by atoms with van der Waals surface area (Å²) in [6.07, 6.45) is 4.95. The quantitative estimate of drug-likeness (QED) is 0.869. The molecule has 1 amide bonds. The molecule has 132 valence electrons. The van der Waals surface area contributed by atoms with Gasteiger partial charge in [-0.25, -0.2) is 0 Å². The van der Waals surface area contributed by atoms with Gasteiger partial charge in [0.15, 0.2) is 0 Å². The van der Waals surface area contributed by atoms with Gasteiger partial charge in [0.05, 0.1) is 6.10 Å². The number of amides is 1. The lowest BCUT2D eigenvalue weighted by Gasteiger charge is -2.20. The van der Waals surface area contributed by atoms with Gasteiger partial charge in [-0.1, -0.05) is 56.2 Å². The first-order chi connectivity index (χ1) is 12.2. The van der Waals surface area contributed by atoms with Crippen molar-refractivity contribution in [2.75, 3.05) is 13.1 Å². The van der Waals surface area contributed by atoms with Crippen LogP contribution in [0, 0.1) is 0 Å². The third-order valence-corrected chi connectivity index (χ3v) is 5.02. The van der Waals surface area contributed by atoms with Crippen LogP contribution in [0.3, 0.4) is 0 Å². The summed E-state index contributed by atoms with van der Waals surface area (Å²) in [6.45, 7) is 3.70. The van der Waals surface area contributed by atoms with Gasteiger partial charge in [0.25, 0.3) is 5.91 Å². The molecule has 0 radical (unpaired) electrons. The molecule has 3 nitrogen and oxygen atoms in total. The van der Waals surface area contributed by atoms with Crippen molar-refractivity contribution in [3.05, 3.63) is 59.7 Å². The van der Waals surface area contributed by atoms with Gasteiger partial charge in [-0.3, -0.25) is 4.79 Å². The molecule has 2 aromatic carbocycles. The maximum Gasteiger partial charge on any atom is 0.253 e. The van der Waals surface area contributed by atoms with Gasteiger partial charge >= 0.3 is 0 Å². The van der Waals surface area contributed by atoms with Crippen molar-refractivity contribution in [1.29, 1.82) is 0 Å². The highest BCUT2D eigenvalue weighted by molar-refractivity contribution is 5.95. The van der Waals surface area contributed by atoms with Crippen molar-refractivity contribution in [3.63, 3.8) is 0 Å². The zero-order valence-corrected chi connectivity index (χ0v) is 14.9. The molecule has 1 atom stereocenters. The molecule has 1 aliphatic heterocycles. The monoisotopic (exact) mass is 337 g/mol. The Hall–Kier alpha value is -2.13. The topological polar surface area (TPSA) is 40.5 Å². The van der Waals surface area contributed by atoms with Gasteiger partial charge in [0.2, 0.25) is 0 Å².